The lowest BCUT2D eigenvalue weighted by Crippen LogP contribution is -2.26. The van der Waals surface area contributed by atoms with Crippen LogP contribution in [0.5, 0.6) is 0 Å². The molecule has 2 fully saturated rings. The molecule has 0 aromatic rings. The summed E-state index contributed by atoms with van der Waals surface area (Å²) in [5, 5.41) is 4.38. The first kappa shape index (κ1) is 3.83. The van der Waals surface area contributed by atoms with Gasteiger partial charge in [-0.2, -0.15) is 5.53 Å². The maximum Gasteiger partial charge on any atom is 0.0287 e. The van der Waals surface area contributed by atoms with Crippen molar-refractivity contribution in [3.05, 3.63) is 0 Å². The molecule has 0 saturated carbocycles. The summed E-state index contributed by atoms with van der Waals surface area (Å²) in [4.78, 5) is 0. The van der Waals surface area contributed by atoms with Gasteiger partial charge < -0.3 is 0 Å². The van der Waals surface area contributed by atoms with E-state index in [1.165, 1.54) is 26.2 Å². The third kappa shape index (κ3) is 0.907. The predicted octanol–water partition coefficient (Wildman–Crippen LogP) is -0.963. The van der Waals surface area contributed by atoms with E-state index in [1.54, 1.807) is 0 Å². The summed E-state index contributed by atoms with van der Waals surface area (Å²) in [7, 11) is 0. The van der Waals surface area contributed by atoms with Crippen LogP contribution in [-0.2, 0) is 0 Å². The van der Waals surface area contributed by atoms with Gasteiger partial charge in [0.2, 0.25) is 0 Å². The summed E-state index contributed by atoms with van der Waals surface area (Å²) in [6.45, 7) is 4.93. The van der Waals surface area contributed by atoms with E-state index in [4.69, 9.17) is 0 Å². The lowest BCUT2D eigenvalue weighted by molar-refractivity contribution is 0.238. The molecule has 0 bridgehead atoms. The van der Waals surface area contributed by atoms with E-state index in [2.05, 4.69) is 15.6 Å². The molecule has 0 atom stereocenters. The molecular weight excluding hydrogens is 90.1 g/mol. The van der Waals surface area contributed by atoms with Crippen molar-refractivity contribution in [2.24, 2.45) is 0 Å². The van der Waals surface area contributed by atoms with Gasteiger partial charge in [0, 0.05) is 26.2 Å². The van der Waals surface area contributed by atoms with Crippen molar-refractivity contribution in [3.8, 4) is 0 Å². The zero-order chi connectivity index (χ0) is 4.69. The second kappa shape index (κ2) is 1.18. The molecule has 2 heterocycles. The minimum absolute atomic E-state index is 1.23. The molecule has 0 aliphatic carbocycles. The van der Waals surface area contributed by atoms with Gasteiger partial charge in [0.25, 0.3) is 0 Å². The summed E-state index contributed by atoms with van der Waals surface area (Å²) < 4.78 is 0. The molecule has 1 N–H and O–H groups in total. The molecule has 2 aliphatic rings. The Labute approximate surface area is 42.8 Å². The normalized spacial score (nSPS) is 30.9. The van der Waals surface area contributed by atoms with Crippen LogP contribution in [0.1, 0.15) is 0 Å². The lowest BCUT2D eigenvalue weighted by Gasteiger charge is -2.00. The van der Waals surface area contributed by atoms with Gasteiger partial charge in [-0.25, -0.2) is 10.0 Å². The van der Waals surface area contributed by atoms with E-state index in [9.17, 15) is 0 Å². The fourth-order valence-electron chi connectivity index (χ4n) is 0.500. The van der Waals surface area contributed by atoms with E-state index < -0.39 is 0 Å². The number of hydrogen-bond acceptors (Lipinski definition) is 3. The first-order valence-electron chi connectivity index (χ1n) is 2.71. The Bertz CT molecular complexity index is 65.0. The fraction of sp³-hybridized carbons (Fsp3) is 1.00. The van der Waals surface area contributed by atoms with Crippen LogP contribution in [-0.4, -0.2) is 36.2 Å². The van der Waals surface area contributed by atoms with Crippen LogP contribution >= 0.6 is 0 Å². The Balaban J connectivity index is 1.69. The molecule has 2 saturated heterocycles. The van der Waals surface area contributed by atoms with Gasteiger partial charge in [0.15, 0.2) is 0 Å². The number of rotatable bonds is 2. The third-order valence-electron chi connectivity index (χ3n) is 1.18. The molecular formula is C4H9N3. The first-order chi connectivity index (χ1) is 3.45. The van der Waals surface area contributed by atoms with Crippen molar-refractivity contribution < 1.29 is 0 Å². The monoisotopic (exact) mass is 99.1 g/mol. The SMILES string of the molecule is C1CN1NN1CC1. The Morgan fingerprint density at radius 2 is 1.29 bits per heavy atom. The molecule has 40 valence electrons. The number of hydrazine groups is 2. The van der Waals surface area contributed by atoms with Crippen LogP contribution < -0.4 is 5.53 Å². The highest BCUT2D eigenvalue weighted by Crippen LogP contribution is 2.03. The van der Waals surface area contributed by atoms with Gasteiger partial charge in [-0.3, -0.25) is 0 Å². The highest BCUT2D eigenvalue weighted by Gasteiger charge is 2.25. The summed E-state index contributed by atoms with van der Waals surface area (Å²) in [5.74, 6) is 0. The smallest absolute Gasteiger partial charge is 0.0287 e. The highest BCUT2D eigenvalue weighted by molar-refractivity contribution is 4.72. The van der Waals surface area contributed by atoms with E-state index in [0.717, 1.165) is 0 Å². The molecule has 3 nitrogen and oxygen atoms in total. The van der Waals surface area contributed by atoms with E-state index >= 15 is 0 Å². The average Bonchev–Trinajstić information content (AvgIpc) is 2.33. The Hall–Kier alpha value is -0.120. The molecule has 2 rings (SSSR count). The fourth-order valence-corrected chi connectivity index (χ4v) is 0.500. The van der Waals surface area contributed by atoms with E-state index in [1.807, 2.05) is 0 Å². The highest BCUT2D eigenvalue weighted by atomic mass is 15.8. The maximum atomic E-state index is 3.19. The Morgan fingerprint density at radius 3 is 1.57 bits per heavy atom. The zero-order valence-electron chi connectivity index (χ0n) is 4.22. The van der Waals surface area contributed by atoms with Gasteiger partial charge in [-0.15, -0.1) is 0 Å². The summed E-state index contributed by atoms with van der Waals surface area (Å²) in [5.41, 5.74) is 3.19. The van der Waals surface area contributed by atoms with Crippen molar-refractivity contribution in [2.75, 3.05) is 26.2 Å². The summed E-state index contributed by atoms with van der Waals surface area (Å²) in [6, 6.07) is 0. The van der Waals surface area contributed by atoms with Crippen molar-refractivity contribution in [1.82, 2.24) is 15.6 Å². The third-order valence-corrected chi connectivity index (χ3v) is 1.18. The molecule has 0 radical (unpaired) electrons. The molecule has 0 spiro atoms. The number of nitrogens with one attached hydrogen (secondary N) is 1. The lowest BCUT2D eigenvalue weighted by atomic mass is 11.0. The van der Waals surface area contributed by atoms with Crippen molar-refractivity contribution in [1.29, 1.82) is 0 Å². The Morgan fingerprint density at radius 1 is 0.857 bits per heavy atom. The zero-order valence-corrected chi connectivity index (χ0v) is 4.22. The molecule has 3 heteroatoms. The van der Waals surface area contributed by atoms with Crippen LogP contribution in [0.2, 0.25) is 0 Å². The second-order valence-electron chi connectivity index (χ2n) is 2.07. The quantitative estimate of drug-likeness (QED) is 0.449. The summed E-state index contributed by atoms with van der Waals surface area (Å²) >= 11 is 0. The van der Waals surface area contributed by atoms with Crippen molar-refractivity contribution >= 4 is 0 Å². The second-order valence-corrected chi connectivity index (χ2v) is 2.07. The molecule has 7 heavy (non-hydrogen) atoms. The van der Waals surface area contributed by atoms with Crippen LogP contribution in [0.3, 0.4) is 0 Å². The number of nitrogens with zero attached hydrogens (tertiary/aromatic N) is 2. The predicted molar refractivity (Wildman–Crippen MR) is 26.3 cm³/mol. The Kier molecular flexibility index (Phi) is 0.647. The topological polar surface area (TPSA) is 18.0 Å². The van der Waals surface area contributed by atoms with Gasteiger partial charge >= 0.3 is 0 Å². The number of hydrogen-bond donors (Lipinski definition) is 1. The molecule has 0 amide bonds. The van der Waals surface area contributed by atoms with Gasteiger partial charge in [-0.05, 0) is 0 Å². The van der Waals surface area contributed by atoms with Gasteiger partial charge in [0.1, 0.15) is 0 Å². The minimum atomic E-state index is 1.23. The molecule has 0 aromatic heterocycles. The van der Waals surface area contributed by atoms with E-state index in [-0.39, 0.29) is 0 Å². The standard InChI is InChI=1S/C4H9N3/c1-2-6(1)5-7-3-4-7/h5H,1-4H2. The van der Waals surface area contributed by atoms with Crippen LogP contribution in [0.15, 0.2) is 0 Å². The summed E-state index contributed by atoms with van der Waals surface area (Å²) in [6.07, 6.45) is 0. The molecule has 2 aliphatic heterocycles. The van der Waals surface area contributed by atoms with Crippen LogP contribution in [0, 0.1) is 0 Å². The van der Waals surface area contributed by atoms with Crippen molar-refractivity contribution in [2.45, 2.75) is 0 Å². The van der Waals surface area contributed by atoms with Crippen LogP contribution in [0.4, 0.5) is 0 Å². The van der Waals surface area contributed by atoms with Crippen LogP contribution in [0.25, 0.3) is 0 Å². The van der Waals surface area contributed by atoms with Gasteiger partial charge in [-0.1, -0.05) is 0 Å². The van der Waals surface area contributed by atoms with Crippen molar-refractivity contribution in [3.63, 3.8) is 0 Å². The maximum absolute atomic E-state index is 3.19. The largest absolute Gasteiger partial charge is 0.228 e. The van der Waals surface area contributed by atoms with E-state index in [0.29, 0.717) is 0 Å². The molecule has 0 unspecified atom stereocenters. The first-order valence-corrected chi connectivity index (χ1v) is 2.71. The average molecular weight is 99.1 g/mol. The minimum Gasteiger partial charge on any atom is -0.228 e. The molecule has 0 aromatic carbocycles. The van der Waals surface area contributed by atoms with Gasteiger partial charge in [0.05, 0.1) is 0 Å².